The van der Waals surface area contributed by atoms with E-state index in [0.717, 1.165) is 6.61 Å². The van der Waals surface area contributed by atoms with Crippen molar-refractivity contribution in [2.24, 2.45) is 0 Å². The van der Waals surface area contributed by atoms with E-state index in [1.807, 2.05) is 0 Å². The summed E-state index contributed by atoms with van der Waals surface area (Å²) in [6.45, 7) is 0.899. The first-order chi connectivity index (χ1) is 2.77. The minimum absolute atomic E-state index is 0.278. The fourth-order valence-corrected chi connectivity index (χ4v) is 0.315. The predicted octanol–water partition coefficient (Wildman–Crippen LogP) is -0.101. The first-order valence-electron chi connectivity index (χ1n) is 1.53. The molecule has 0 saturated carbocycles. The van der Waals surface area contributed by atoms with Crippen molar-refractivity contribution < 1.29 is 9.66 Å². The molecule has 1 unspecified atom stereocenters. The molecule has 2 nitrogen and oxygen atoms in total. The van der Waals surface area contributed by atoms with E-state index in [-0.39, 0.29) is 5.75 Å². The average molecular weight is 107 g/mol. The van der Waals surface area contributed by atoms with Gasteiger partial charge in [0.25, 0.3) is 0 Å². The van der Waals surface area contributed by atoms with Gasteiger partial charge in [-0.3, -0.25) is 0 Å². The summed E-state index contributed by atoms with van der Waals surface area (Å²) in [7, 11) is 0. The van der Waals surface area contributed by atoms with Gasteiger partial charge in [0.15, 0.2) is 0 Å². The number of hydrogen-bond acceptors (Lipinski definition) is 2. The Hall–Kier alpha value is 0.270. The standard InChI is InChI=1S/C3H7O2S/c1-6(5)3-2-4/h2,4H,3H2,1H3. The summed E-state index contributed by atoms with van der Waals surface area (Å²) in [4.78, 5) is 0. The average Bonchev–Trinajstić information content (AvgIpc) is 1.35. The van der Waals surface area contributed by atoms with Gasteiger partial charge in [0.2, 0.25) is 0 Å². The molecule has 0 aliphatic rings. The first kappa shape index (κ1) is 6.27. The molecule has 1 atom stereocenters. The highest BCUT2D eigenvalue weighted by molar-refractivity contribution is 7.90. The zero-order valence-electron chi connectivity index (χ0n) is 3.55. The van der Waals surface area contributed by atoms with Crippen molar-refractivity contribution in [3.63, 3.8) is 0 Å². The van der Waals surface area contributed by atoms with Crippen LogP contribution in [0.3, 0.4) is 0 Å². The maximum Gasteiger partial charge on any atom is 0.133 e. The highest BCUT2D eigenvalue weighted by Crippen LogP contribution is 1.80. The highest BCUT2D eigenvalue weighted by atomic mass is 32.2. The van der Waals surface area contributed by atoms with E-state index in [4.69, 9.17) is 5.11 Å². The molecule has 0 spiro atoms. The molecule has 1 N–H and O–H groups in total. The van der Waals surface area contributed by atoms with Crippen LogP contribution in [0.15, 0.2) is 0 Å². The molecule has 3 heteroatoms. The van der Waals surface area contributed by atoms with Gasteiger partial charge in [-0.25, -0.2) is 0 Å². The lowest BCUT2D eigenvalue weighted by molar-refractivity contribution is 0.401. The molecular weight excluding hydrogens is 100 g/mol. The van der Waals surface area contributed by atoms with Gasteiger partial charge in [-0.2, -0.15) is 0 Å². The van der Waals surface area contributed by atoms with Crippen LogP contribution in [0.25, 0.3) is 0 Å². The largest absolute Gasteiger partial charge is 0.616 e. The quantitative estimate of drug-likeness (QED) is 0.501. The molecule has 0 aromatic carbocycles. The minimum Gasteiger partial charge on any atom is -0.616 e. The third-order valence-electron chi connectivity index (χ3n) is 0.309. The molecular formula is C3H7O2S. The van der Waals surface area contributed by atoms with Gasteiger partial charge in [-0.05, 0) is 0 Å². The molecule has 6 heavy (non-hydrogen) atoms. The van der Waals surface area contributed by atoms with E-state index in [0.29, 0.717) is 0 Å². The van der Waals surface area contributed by atoms with E-state index in [9.17, 15) is 4.55 Å². The van der Waals surface area contributed by atoms with Crippen LogP contribution in [0.2, 0.25) is 0 Å². The van der Waals surface area contributed by atoms with Gasteiger partial charge in [0.1, 0.15) is 12.4 Å². The Morgan fingerprint density at radius 2 is 2.50 bits per heavy atom. The van der Waals surface area contributed by atoms with Gasteiger partial charge in [-0.15, -0.1) is 0 Å². The van der Waals surface area contributed by atoms with E-state index in [1.165, 1.54) is 6.26 Å². The monoisotopic (exact) mass is 107 g/mol. The molecule has 0 aromatic heterocycles. The Bertz CT molecular complexity index is 30.0. The summed E-state index contributed by atoms with van der Waals surface area (Å²) in [6, 6.07) is 0. The maximum atomic E-state index is 9.96. The maximum absolute atomic E-state index is 9.96. The molecule has 0 rings (SSSR count). The number of hydrogen-bond donors (Lipinski definition) is 1. The molecule has 0 heterocycles. The Morgan fingerprint density at radius 3 is 2.50 bits per heavy atom. The van der Waals surface area contributed by atoms with E-state index < -0.39 is 11.2 Å². The molecule has 0 amide bonds. The van der Waals surface area contributed by atoms with Gasteiger partial charge in [0, 0.05) is 0 Å². The molecule has 0 bridgehead atoms. The van der Waals surface area contributed by atoms with Crippen molar-refractivity contribution in [1.29, 1.82) is 0 Å². The zero-order chi connectivity index (χ0) is 4.99. The van der Waals surface area contributed by atoms with Crippen LogP contribution in [0, 0.1) is 6.61 Å². The third kappa shape index (κ3) is 4.27. The van der Waals surface area contributed by atoms with Crippen molar-refractivity contribution in [2.75, 3.05) is 12.0 Å². The normalized spacial score (nSPS) is 14.5. The van der Waals surface area contributed by atoms with Crippen molar-refractivity contribution in [1.82, 2.24) is 0 Å². The number of rotatable bonds is 2. The van der Waals surface area contributed by atoms with Crippen molar-refractivity contribution in [3.05, 3.63) is 6.61 Å². The first-order valence-corrected chi connectivity index (χ1v) is 3.26. The van der Waals surface area contributed by atoms with Crippen LogP contribution in [-0.4, -0.2) is 21.7 Å². The van der Waals surface area contributed by atoms with Crippen molar-refractivity contribution >= 4 is 11.2 Å². The van der Waals surface area contributed by atoms with E-state index >= 15 is 0 Å². The van der Waals surface area contributed by atoms with Crippen LogP contribution in [0.4, 0.5) is 0 Å². The van der Waals surface area contributed by atoms with Gasteiger partial charge < -0.3 is 9.66 Å². The topological polar surface area (TPSA) is 43.3 Å². The van der Waals surface area contributed by atoms with E-state index in [1.54, 1.807) is 0 Å². The molecule has 0 aliphatic heterocycles. The summed E-state index contributed by atoms with van der Waals surface area (Å²) in [5.41, 5.74) is 0. The zero-order valence-corrected chi connectivity index (χ0v) is 4.36. The van der Waals surface area contributed by atoms with E-state index in [2.05, 4.69) is 0 Å². The highest BCUT2D eigenvalue weighted by Gasteiger charge is 1.90. The number of aliphatic hydroxyl groups is 1. The molecule has 0 fully saturated rings. The molecule has 37 valence electrons. The summed E-state index contributed by atoms with van der Waals surface area (Å²) in [5, 5.41) is 7.92. The summed E-state index contributed by atoms with van der Waals surface area (Å²) < 4.78 is 9.96. The Balaban J connectivity index is 2.63. The van der Waals surface area contributed by atoms with Crippen molar-refractivity contribution in [3.8, 4) is 0 Å². The van der Waals surface area contributed by atoms with Crippen molar-refractivity contribution in [2.45, 2.75) is 0 Å². The molecule has 0 aromatic rings. The molecule has 0 saturated heterocycles. The minimum atomic E-state index is -0.871. The fraction of sp³-hybridized carbons (Fsp3) is 0.667. The van der Waals surface area contributed by atoms with Gasteiger partial charge in [0.05, 0.1) is 6.26 Å². The second-order valence-corrected chi connectivity index (χ2v) is 2.40. The SMILES string of the molecule is C[S+]([O-])C[CH]O. The van der Waals surface area contributed by atoms with Crippen LogP contribution >= 0.6 is 0 Å². The Labute approximate surface area is 40.4 Å². The van der Waals surface area contributed by atoms with Gasteiger partial charge in [-0.1, -0.05) is 11.2 Å². The van der Waals surface area contributed by atoms with Crippen LogP contribution < -0.4 is 0 Å². The predicted molar refractivity (Wildman–Crippen MR) is 25.2 cm³/mol. The third-order valence-corrected chi connectivity index (χ3v) is 0.928. The summed E-state index contributed by atoms with van der Waals surface area (Å²) in [6.07, 6.45) is 1.53. The summed E-state index contributed by atoms with van der Waals surface area (Å²) >= 11 is -0.871. The second kappa shape index (κ2) is 3.46. The lowest BCUT2D eigenvalue weighted by atomic mass is 10.9. The molecule has 0 aliphatic carbocycles. The summed E-state index contributed by atoms with van der Waals surface area (Å²) in [5.74, 6) is 0.278. The Morgan fingerprint density at radius 1 is 2.00 bits per heavy atom. The van der Waals surface area contributed by atoms with Crippen LogP contribution in [0.1, 0.15) is 0 Å². The fourth-order valence-electron chi connectivity index (χ4n) is 0.105. The Kier molecular flexibility index (Phi) is 3.62. The smallest absolute Gasteiger partial charge is 0.133 e. The van der Waals surface area contributed by atoms with Crippen LogP contribution in [-0.2, 0) is 11.2 Å². The lowest BCUT2D eigenvalue weighted by Gasteiger charge is -1.97. The molecule has 1 radical (unpaired) electrons. The van der Waals surface area contributed by atoms with Crippen LogP contribution in [0.5, 0.6) is 0 Å². The lowest BCUT2D eigenvalue weighted by Crippen LogP contribution is -2.01. The second-order valence-electron chi connectivity index (χ2n) is 0.922. The number of aliphatic hydroxyl groups excluding tert-OH is 1. The van der Waals surface area contributed by atoms with Gasteiger partial charge >= 0.3 is 0 Å².